The highest BCUT2D eigenvalue weighted by atomic mass is 32.2. The number of benzene rings is 1. The Hall–Kier alpha value is -4.41. The fourth-order valence-corrected chi connectivity index (χ4v) is 7.02. The second-order valence-corrected chi connectivity index (χ2v) is 14.1. The van der Waals surface area contributed by atoms with E-state index in [1.54, 1.807) is 4.90 Å². The minimum Gasteiger partial charge on any atom is -0.497 e. The monoisotopic (exact) mass is 775 g/mol. The molecular weight excluding hydrogens is 726 g/mol. The number of sulfonamides is 1. The van der Waals surface area contributed by atoms with Gasteiger partial charge in [-0.2, -0.15) is 0 Å². The van der Waals surface area contributed by atoms with E-state index in [1.165, 1.54) is 46.1 Å². The fourth-order valence-electron chi connectivity index (χ4n) is 6.00. The molecule has 0 radical (unpaired) electrons. The van der Waals surface area contributed by atoms with Crippen molar-refractivity contribution in [3.05, 3.63) is 24.3 Å². The van der Waals surface area contributed by atoms with Gasteiger partial charge in [-0.15, -0.1) is 0 Å². The molecule has 0 bridgehead atoms. The van der Waals surface area contributed by atoms with Crippen LogP contribution in [-0.2, 0) is 38.8 Å². The average molecular weight is 776 g/mol. The molecule has 1 heterocycles. The number of nitrogens with zero attached hydrogens (tertiary/aromatic N) is 4. The van der Waals surface area contributed by atoms with Crippen LogP contribution in [0.3, 0.4) is 0 Å². The largest absolute Gasteiger partial charge is 0.497 e. The summed E-state index contributed by atoms with van der Waals surface area (Å²) in [5.41, 5.74) is 0. The van der Waals surface area contributed by atoms with Crippen molar-refractivity contribution >= 4 is 45.8 Å². The van der Waals surface area contributed by atoms with Gasteiger partial charge in [-0.25, -0.2) is 13.1 Å². The van der Waals surface area contributed by atoms with E-state index >= 15 is 0 Å². The Morgan fingerprint density at radius 3 is 1.26 bits per heavy atom. The summed E-state index contributed by atoms with van der Waals surface area (Å²) < 4.78 is 33.6. The van der Waals surface area contributed by atoms with E-state index in [0.29, 0.717) is 5.75 Å². The van der Waals surface area contributed by atoms with Crippen molar-refractivity contribution in [2.75, 3.05) is 72.6 Å². The van der Waals surface area contributed by atoms with Crippen LogP contribution in [0.15, 0.2) is 29.2 Å². The highest BCUT2D eigenvalue weighted by Crippen LogP contribution is 2.17. The molecular formula is C32H49N5O15S. The van der Waals surface area contributed by atoms with Gasteiger partial charge in [0.2, 0.25) is 10.0 Å². The maximum absolute atomic E-state index is 13.0. The number of hydrogen-bond donors (Lipinski definition) is 7. The quantitative estimate of drug-likeness (QED) is 0.0800. The van der Waals surface area contributed by atoms with E-state index in [-0.39, 0.29) is 89.6 Å². The lowest BCUT2D eigenvalue weighted by molar-refractivity contribution is -0.148. The van der Waals surface area contributed by atoms with Crippen molar-refractivity contribution in [2.45, 2.75) is 61.5 Å². The molecule has 1 aliphatic rings. The highest BCUT2D eigenvalue weighted by molar-refractivity contribution is 7.89. The zero-order valence-corrected chi connectivity index (χ0v) is 30.2. The number of carboxylic acid groups (broad SMARTS) is 6. The molecule has 7 N–H and O–H groups in total. The molecule has 0 aliphatic carbocycles. The molecule has 0 saturated carbocycles. The molecule has 1 aliphatic heterocycles. The molecule has 3 unspecified atom stereocenters. The molecule has 298 valence electrons. The van der Waals surface area contributed by atoms with Crippen LogP contribution in [0.4, 0.5) is 0 Å². The Labute approximate surface area is 306 Å². The summed E-state index contributed by atoms with van der Waals surface area (Å²) in [4.78, 5) is 77.4. The topological polar surface area (TPSA) is 292 Å². The van der Waals surface area contributed by atoms with Gasteiger partial charge in [-0.1, -0.05) is 0 Å². The van der Waals surface area contributed by atoms with Crippen LogP contribution in [0.2, 0.25) is 0 Å². The van der Waals surface area contributed by atoms with E-state index in [0.717, 1.165) is 0 Å². The normalized spacial score (nSPS) is 17.8. The van der Waals surface area contributed by atoms with Crippen LogP contribution in [0.25, 0.3) is 0 Å². The number of hydrogen-bond acceptors (Lipinski definition) is 13. The van der Waals surface area contributed by atoms with Crippen molar-refractivity contribution in [1.82, 2.24) is 24.3 Å². The fraction of sp³-hybridized carbons (Fsp3) is 0.625. The van der Waals surface area contributed by atoms with E-state index in [1.807, 2.05) is 0 Å². The van der Waals surface area contributed by atoms with Gasteiger partial charge in [0.1, 0.15) is 23.9 Å². The van der Waals surface area contributed by atoms with E-state index in [4.69, 9.17) is 4.74 Å². The predicted molar refractivity (Wildman–Crippen MR) is 184 cm³/mol. The summed E-state index contributed by atoms with van der Waals surface area (Å²) in [5, 5.41) is 58.1. The van der Waals surface area contributed by atoms with Crippen LogP contribution in [-0.4, -0.2) is 185 Å². The second-order valence-electron chi connectivity index (χ2n) is 12.4. The maximum atomic E-state index is 13.0. The van der Waals surface area contributed by atoms with Crippen molar-refractivity contribution in [2.24, 2.45) is 0 Å². The molecule has 1 aromatic carbocycles. The first kappa shape index (κ1) is 44.7. The molecule has 1 aromatic rings. The molecule has 2 rings (SSSR count). The van der Waals surface area contributed by atoms with E-state index in [2.05, 4.69) is 4.72 Å². The Morgan fingerprint density at radius 1 is 0.623 bits per heavy atom. The first-order valence-corrected chi connectivity index (χ1v) is 18.4. The van der Waals surface area contributed by atoms with Crippen LogP contribution in [0.1, 0.15) is 38.5 Å². The summed E-state index contributed by atoms with van der Waals surface area (Å²) >= 11 is 0. The molecule has 1 fully saturated rings. The van der Waals surface area contributed by atoms with Crippen LogP contribution in [0, 0.1) is 0 Å². The van der Waals surface area contributed by atoms with Gasteiger partial charge in [0.05, 0.1) is 12.0 Å². The molecule has 20 nitrogen and oxygen atoms in total. The Morgan fingerprint density at radius 2 is 0.962 bits per heavy atom. The van der Waals surface area contributed by atoms with Crippen LogP contribution in [0.5, 0.6) is 5.75 Å². The minimum absolute atomic E-state index is 0.0100. The number of carboxylic acids is 6. The third-order valence-corrected chi connectivity index (χ3v) is 10.4. The molecule has 53 heavy (non-hydrogen) atoms. The number of methoxy groups -OCH3 is 1. The zero-order chi connectivity index (χ0) is 39.7. The third-order valence-electron chi connectivity index (χ3n) is 8.92. The first-order chi connectivity index (χ1) is 24.9. The SMILES string of the molecule is COc1ccc(S(=O)(=O)NCCN2CCN(C(CCC(=O)O)C(=O)O)CCN(C(CCC(=O)O)C(=O)O)CCN(C(CCC(=O)O)C(=O)O)CC2)cc1. The van der Waals surface area contributed by atoms with Gasteiger partial charge in [0.25, 0.3) is 0 Å². The van der Waals surface area contributed by atoms with Crippen LogP contribution >= 0.6 is 0 Å². The van der Waals surface area contributed by atoms with Gasteiger partial charge in [-0.05, 0) is 43.5 Å². The van der Waals surface area contributed by atoms with Gasteiger partial charge >= 0.3 is 35.8 Å². The summed E-state index contributed by atoms with van der Waals surface area (Å²) in [5.74, 6) is -7.26. The predicted octanol–water partition coefficient (Wildman–Crippen LogP) is -0.851. The highest BCUT2D eigenvalue weighted by Gasteiger charge is 2.33. The molecule has 3 atom stereocenters. The van der Waals surface area contributed by atoms with Crippen molar-refractivity contribution in [1.29, 1.82) is 0 Å². The first-order valence-electron chi connectivity index (χ1n) is 16.9. The van der Waals surface area contributed by atoms with Crippen molar-refractivity contribution in [3.63, 3.8) is 0 Å². The zero-order valence-electron chi connectivity index (χ0n) is 29.4. The lowest BCUT2D eigenvalue weighted by Crippen LogP contribution is -2.55. The molecule has 21 heteroatoms. The summed E-state index contributed by atoms with van der Waals surface area (Å²) in [7, 11) is -2.54. The maximum Gasteiger partial charge on any atom is 0.320 e. The molecule has 0 spiro atoms. The standard InChI is InChI=1S/C32H49N5O15S/c1-52-22-2-4-23(5-3-22)53(50,51)33-12-13-34-14-16-35(24(30(44)45)6-9-27(38)39)18-20-37(26(32(48)49)8-11-29(42)43)21-19-36(17-15-34)25(31(46)47)7-10-28(40)41/h2-5,24-26,33H,6-21H2,1H3,(H,38,39)(H,40,41)(H,42,43)(H,44,45)(H,46,47)(H,48,49). The van der Waals surface area contributed by atoms with E-state index < -0.39 is 83.2 Å². The lowest BCUT2D eigenvalue weighted by Gasteiger charge is -2.38. The number of aliphatic carboxylic acids is 6. The van der Waals surface area contributed by atoms with Gasteiger partial charge in [0.15, 0.2) is 0 Å². The van der Waals surface area contributed by atoms with Gasteiger partial charge < -0.3 is 35.4 Å². The average Bonchev–Trinajstić information content (AvgIpc) is 3.07. The Kier molecular flexibility index (Phi) is 18.5. The number of ether oxygens (including phenoxy) is 1. The number of carbonyl (C=O) groups is 6. The van der Waals surface area contributed by atoms with Crippen molar-refractivity contribution in [3.8, 4) is 5.75 Å². The lowest BCUT2D eigenvalue weighted by atomic mass is 10.1. The smallest absolute Gasteiger partial charge is 0.320 e. The second kappa shape index (κ2) is 22.0. The minimum atomic E-state index is -3.97. The van der Waals surface area contributed by atoms with Gasteiger partial charge in [0, 0.05) is 84.7 Å². The molecule has 0 aromatic heterocycles. The Balaban J connectivity index is 2.48. The molecule has 0 amide bonds. The van der Waals surface area contributed by atoms with Crippen LogP contribution < -0.4 is 9.46 Å². The Bertz CT molecular complexity index is 1460. The number of nitrogens with one attached hydrogen (secondary N) is 1. The van der Waals surface area contributed by atoms with Crippen molar-refractivity contribution < 1.29 is 72.6 Å². The third kappa shape index (κ3) is 15.6. The summed E-state index contributed by atoms with van der Waals surface area (Å²) in [6.45, 7) is -0.362. The van der Waals surface area contributed by atoms with Gasteiger partial charge in [-0.3, -0.25) is 48.4 Å². The van der Waals surface area contributed by atoms with E-state index in [9.17, 15) is 67.8 Å². The number of rotatable bonds is 21. The summed E-state index contributed by atoms with van der Waals surface area (Å²) in [6, 6.07) is 1.70. The molecule has 1 saturated heterocycles. The summed E-state index contributed by atoms with van der Waals surface area (Å²) in [6.07, 6.45) is -2.37.